The van der Waals surface area contributed by atoms with Crippen molar-refractivity contribution >= 4 is 33.2 Å². The van der Waals surface area contributed by atoms with Crippen molar-refractivity contribution in [2.75, 3.05) is 0 Å². The van der Waals surface area contributed by atoms with Gasteiger partial charge in [-0.2, -0.15) is 0 Å². The smallest absolute Gasteiger partial charge is 0.181 e. The van der Waals surface area contributed by atoms with E-state index in [0.717, 1.165) is 16.6 Å². The van der Waals surface area contributed by atoms with Crippen LogP contribution < -0.4 is 0 Å². The Labute approximate surface area is 119 Å². The Balaban J connectivity index is 2.20. The van der Waals surface area contributed by atoms with Crippen molar-refractivity contribution in [3.63, 3.8) is 0 Å². The predicted molar refractivity (Wildman–Crippen MR) is 77.6 cm³/mol. The van der Waals surface area contributed by atoms with Crippen molar-refractivity contribution in [1.82, 2.24) is 19.9 Å². The standard InChI is InChI=1S/C13H11ClN4S/c1-3-8-6-9-11(14)17-12(18-13(9)19-8)10-4-5-15-7(2)16-10/h4-6H,3H2,1-2H3. The van der Waals surface area contributed by atoms with Crippen LogP contribution in [0.2, 0.25) is 5.15 Å². The molecule has 0 amide bonds. The second-order valence-corrected chi connectivity index (χ2v) is 5.59. The van der Waals surface area contributed by atoms with Crippen molar-refractivity contribution in [2.24, 2.45) is 0 Å². The Morgan fingerprint density at radius 1 is 1.26 bits per heavy atom. The highest BCUT2D eigenvalue weighted by molar-refractivity contribution is 7.18. The minimum Gasteiger partial charge on any atom is -0.242 e. The van der Waals surface area contributed by atoms with Crippen molar-refractivity contribution in [3.05, 3.63) is 34.2 Å². The fourth-order valence-corrected chi connectivity index (χ4v) is 3.05. The molecule has 0 atom stereocenters. The van der Waals surface area contributed by atoms with Crippen molar-refractivity contribution in [2.45, 2.75) is 20.3 Å². The maximum atomic E-state index is 6.23. The molecule has 3 heterocycles. The molecular weight excluding hydrogens is 280 g/mol. The van der Waals surface area contributed by atoms with Gasteiger partial charge in [0.25, 0.3) is 0 Å². The molecule has 0 spiro atoms. The molecule has 0 N–H and O–H groups in total. The molecule has 4 nitrogen and oxygen atoms in total. The van der Waals surface area contributed by atoms with E-state index < -0.39 is 0 Å². The molecule has 0 saturated heterocycles. The first-order valence-electron chi connectivity index (χ1n) is 5.93. The second kappa shape index (κ2) is 4.83. The van der Waals surface area contributed by atoms with Gasteiger partial charge in [-0.15, -0.1) is 11.3 Å². The first kappa shape index (κ1) is 12.4. The van der Waals surface area contributed by atoms with Crippen LogP contribution in [0, 0.1) is 6.92 Å². The summed E-state index contributed by atoms with van der Waals surface area (Å²) in [5, 5.41) is 1.39. The van der Waals surface area contributed by atoms with Gasteiger partial charge in [-0.1, -0.05) is 18.5 Å². The number of thiophene rings is 1. The van der Waals surface area contributed by atoms with Crippen LogP contribution >= 0.6 is 22.9 Å². The molecule has 0 aliphatic heterocycles. The number of hydrogen-bond acceptors (Lipinski definition) is 5. The number of aryl methyl sites for hydroxylation is 2. The molecule has 0 radical (unpaired) electrons. The third-order valence-electron chi connectivity index (χ3n) is 2.75. The number of fused-ring (bicyclic) bond motifs is 1. The minimum absolute atomic E-state index is 0.479. The Kier molecular flexibility index (Phi) is 3.16. The van der Waals surface area contributed by atoms with Gasteiger partial charge < -0.3 is 0 Å². The van der Waals surface area contributed by atoms with Crippen LogP contribution in [0.4, 0.5) is 0 Å². The molecule has 19 heavy (non-hydrogen) atoms. The van der Waals surface area contributed by atoms with Crippen molar-refractivity contribution < 1.29 is 0 Å². The lowest BCUT2D eigenvalue weighted by Crippen LogP contribution is -1.95. The normalized spacial score (nSPS) is 11.1. The second-order valence-electron chi connectivity index (χ2n) is 4.11. The van der Waals surface area contributed by atoms with E-state index >= 15 is 0 Å². The number of aromatic nitrogens is 4. The van der Waals surface area contributed by atoms with E-state index in [2.05, 4.69) is 32.9 Å². The summed E-state index contributed by atoms with van der Waals surface area (Å²) in [6, 6.07) is 3.84. The van der Waals surface area contributed by atoms with Gasteiger partial charge >= 0.3 is 0 Å². The van der Waals surface area contributed by atoms with Gasteiger partial charge in [0.1, 0.15) is 21.5 Å². The van der Waals surface area contributed by atoms with Gasteiger partial charge in [-0.05, 0) is 25.5 Å². The lowest BCUT2D eigenvalue weighted by Gasteiger charge is -2.01. The Morgan fingerprint density at radius 2 is 2.11 bits per heavy atom. The van der Waals surface area contributed by atoms with Crippen LogP contribution in [0.1, 0.15) is 17.6 Å². The van der Waals surface area contributed by atoms with Gasteiger partial charge in [-0.25, -0.2) is 19.9 Å². The summed E-state index contributed by atoms with van der Waals surface area (Å²) in [4.78, 5) is 19.4. The molecule has 3 rings (SSSR count). The maximum absolute atomic E-state index is 6.23. The van der Waals surface area contributed by atoms with Gasteiger partial charge in [0.15, 0.2) is 5.82 Å². The number of hydrogen-bond donors (Lipinski definition) is 0. The average molecular weight is 291 g/mol. The fourth-order valence-electron chi connectivity index (χ4n) is 1.81. The van der Waals surface area contributed by atoms with Gasteiger partial charge in [0, 0.05) is 16.5 Å². The van der Waals surface area contributed by atoms with E-state index in [4.69, 9.17) is 11.6 Å². The molecule has 96 valence electrons. The Hall–Kier alpha value is -1.59. The molecule has 0 aliphatic carbocycles. The molecule has 0 unspecified atom stereocenters. The van der Waals surface area contributed by atoms with Crippen LogP contribution in [0.3, 0.4) is 0 Å². The van der Waals surface area contributed by atoms with E-state index in [-0.39, 0.29) is 0 Å². The molecular formula is C13H11ClN4S. The van der Waals surface area contributed by atoms with Crippen molar-refractivity contribution in [1.29, 1.82) is 0 Å². The predicted octanol–water partition coefficient (Wildman–Crippen LogP) is 3.67. The lowest BCUT2D eigenvalue weighted by molar-refractivity contribution is 1.04. The molecule has 0 bridgehead atoms. The van der Waals surface area contributed by atoms with Gasteiger partial charge in [0.05, 0.1) is 0 Å². The highest BCUT2D eigenvalue weighted by Gasteiger charge is 2.12. The molecule has 3 aromatic heterocycles. The summed E-state index contributed by atoms with van der Waals surface area (Å²) in [5.41, 5.74) is 0.697. The number of rotatable bonds is 2. The Bertz CT molecular complexity index is 753. The third kappa shape index (κ3) is 2.31. The fraction of sp³-hybridized carbons (Fsp3) is 0.231. The van der Waals surface area contributed by atoms with Crippen LogP contribution in [0.25, 0.3) is 21.7 Å². The summed E-state index contributed by atoms with van der Waals surface area (Å²) in [5.74, 6) is 1.24. The number of halogens is 1. The van der Waals surface area contributed by atoms with Crippen LogP contribution in [0.5, 0.6) is 0 Å². The topological polar surface area (TPSA) is 51.6 Å². The van der Waals surface area contributed by atoms with E-state index in [1.54, 1.807) is 23.6 Å². The van der Waals surface area contributed by atoms with E-state index in [9.17, 15) is 0 Å². The summed E-state index contributed by atoms with van der Waals surface area (Å²) < 4.78 is 0. The molecule has 0 fully saturated rings. The zero-order valence-electron chi connectivity index (χ0n) is 10.5. The molecule has 0 aliphatic rings. The van der Waals surface area contributed by atoms with E-state index in [1.165, 1.54) is 4.88 Å². The highest BCUT2D eigenvalue weighted by Crippen LogP contribution is 2.30. The summed E-state index contributed by atoms with van der Waals surface area (Å²) >= 11 is 7.88. The molecule has 0 aromatic carbocycles. The maximum Gasteiger partial charge on any atom is 0.181 e. The zero-order valence-corrected chi connectivity index (χ0v) is 12.1. The highest BCUT2D eigenvalue weighted by atomic mass is 35.5. The first-order chi connectivity index (χ1) is 9.17. The summed E-state index contributed by atoms with van der Waals surface area (Å²) in [6.07, 6.45) is 2.67. The quantitative estimate of drug-likeness (QED) is 0.676. The summed E-state index contributed by atoms with van der Waals surface area (Å²) in [7, 11) is 0. The van der Waals surface area contributed by atoms with Gasteiger partial charge in [-0.3, -0.25) is 0 Å². The SMILES string of the molecule is CCc1cc2c(Cl)nc(-c3ccnc(C)n3)nc2s1. The molecule has 6 heteroatoms. The van der Waals surface area contributed by atoms with Gasteiger partial charge in [0.2, 0.25) is 0 Å². The van der Waals surface area contributed by atoms with E-state index in [1.807, 2.05) is 6.92 Å². The average Bonchev–Trinajstić information content (AvgIpc) is 2.82. The third-order valence-corrected chi connectivity index (χ3v) is 4.21. The minimum atomic E-state index is 0.479. The van der Waals surface area contributed by atoms with Crippen molar-refractivity contribution in [3.8, 4) is 11.5 Å². The first-order valence-corrected chi connectivity index (χ1v) is 7.13. The van der Waals surface area contributed by atoms with Crippen LogP contribution in [0.15, 0.2) is 18.3 Å². The Morgan fingerprint density at radius 3 is 2.84 bits per heavy atom. The van der Waals surface area contributed by atoms with E-state index in [0.29, 0.717) is 22.5 Å². The lowest BCUT2D eigenvalue weighted by atomic mass is 10.3. The van der Waals surface area contributed by atoms with Crippen LogP contribution in [-0.2, 0) is 6.42 Å². The number of nitrogens with zero attached hydrogens (tertiary/aromatic N) is 4. The molecule has 3 aromatic rings. The largest absolute Gasteiger partial charge is 0.242 e. The monoisotopic (exact) mass is 290 g/mol. The summed E-state index contributed by atoms with van der Waals surface area (Å²) in [6.45, 7) is 3.95. The van der Waals surface area contributed by atoms with Crippen LogP contribution in [-0.4, -0.2) is 19.9 Å². The molecule has 0 saturated carbocycles. The zero-order chi connectivity index (χ0) is 13.4.